The molecule has 0 saturated carbocycles. The first-order chi connectivity index (χ1) is 8.08. The number of rotatable bonds is 4. The average molecular weight is 265 g/mol. The molecule has 0 saturated heterocycles. The molecule has 0 fully saturated rings. The van der Waals surface area contributed by atoms with E-state index >= 15 is 0 Å². The van der Waals surface area contributed by atoms with Gasteiger partial charge in [-0.1, -0.05) is 0 Å². The molecule has 1 atom stereocenters. The summed E-state index contributed by atoms with van der Waals surface area (Å²) in [5.74, 6) is 0. The van der Waals surface area contributed by atoms with E-state index in [0.29, 0.717) is 6.04 Å². The van der Waals surface area contributed by atoms with Crippen LogP contribution < -0.4 is 5.32 Å². The minimum atomic E-state index is 0.430. The Labute approximate surface area is 112 Å². The molecule has 1 nitrogen and oxygen atoms in total. The van der Waals surface area contributed by atoms with Gasteiger partial charge in [-0.3, -0.25) is 0 Å². The van der Waals surface area contributed by atoms with Crippen molar-refractivity contribution in [2.75, 3.05) is 0 Å². The molecule has 0 spiro atoms. The molecule has 2 rings (SSSR count). The van der Waals surface area contributed by atoms with Crippen LogP contribution in [-0.4, -0.2) is 0 Å². The van der Waals surface area contributed by atoms with Gasteiger partial charge >= 0.3 is 0 Å². The summed E-state index contributed by atoms with van der Waals surface area (Å²) in [5.41, 5.74) is 4.26. The number of thiophene rings is 2. The summed E-state index contributed by atoms with van der Waals surface area (Å²) in [6, 6.07) is 2.73. The van der Waals surface area contributed by atoms with Crippen molar-refractivity contribution in [2.24, 2.45) is 0 Å². The molecule has 0 aliphatic carbocycles. The summed E-state index contributed by atoms with van der Waals surface area (Å²) in [6.07, 6.45) is 0. The maximum atomic E-state index is 3.61. The molecule has 0 aliphatic rings. The minimum Gasteiger partial charge on any atom is -0.306 e. The molecule has 2 heterocycles. The van der Waals surface area contributed by atoms with Gasteiger partial charge in [0, 0.05) is 22.3 Å². The molecule has 0 amide bonds. The van der Waals surface area contributed by atoms with E-state index in [1.165, 1.54) is 26.4 Å². The molecule has 2 aromatic rings. The zero-order valence-electron chi connectivity index (χ0n) is 10.8. The third kappa shape index (κ3) is 2.97. The summed E-state index contributed by atoms with van der Waals surface area (Å²) in [7, 11) is 0. The molecule has 0 aromatic carbocycles. The van der Waals surface area contributed by atoms with Crippen molar-refractivity contribution in [3.8, 4) is 0 Å². The van der Waals surface area contributed by atoms with Crippen molar-refractivity contribution >= 4 is 22.7 Å². The highest BCUT2D eigenvalue weighted by atomic mass is 32.1. The van der Waals surface area contributed by atoms with Crippen LogP contribution in [-0.2, 0) is 6.54 Å². The van der Waals surface area contributed by atoms with Gasteiger partial charge in [-0.2, -0.15) is 11.3 Å². The Morgan fingerprint density at radius 1 is 1.24 bits per heavy atom. The van der Waals surface area contributed by atoms with Crippen LogP contribution in [0, 0.1) is 20.8 Å². The second-order valence-corrected chi connectivity index (χ2v) is 6.76. The predicted octanol–water partition coefficient (Wildman–Crippen LogP) is 4.59. The summed E-state index contributed by atoms with van der Waals surface area (Å²) in [4.78, 5) is 2.84. The molecule has 1 unspecified atom stereocenters. The number of aryl methyl sites for hydroxylation is 3. The SMILES string of the molecule is Cc1cc(C(C)NCc2cscc2C)c(C)s1. The van der Waals surface area contributed by atoms with Crippen molar-refractivity contribution < 1.29 is 0 Å². The maximum absolute atomic E-state index is 3.61. The molecule has 1 N–H and O–H groups in total. The monoisotopic (exact) mass is 265 g/mol. The molecule has 0 radical (unpaired) electrons. The van der Waals surface area contributed by atoms with Gasteiger partial charge in [-0.25, -0.2) is 0 Å². The maximum Gasteiger partial charge on any atom is 0.0305 e. The zero-order chi connectivity index (χ0) is 12.4. The van der Waals surface area contributed by atoms with Gasteiger partial charge in [0.25, 0.3) is 0 Å². The van der Waals surface area contributed by atoms with E-state index in [1.807, 2.05) is 11.3 Å². The standard InChI is InChI=1S/C14H19NS2/c1-9-7-16-8-13(9)6-15-11(3)14-5-10(2)17-12(14)4/h5,7-8,11,15H,6H2,1-4H3. The molecule has 0 aliphatic heterocycles. The Bertz CT molecular complexity index is 496. The van der Waals surface area contributed by atoms with Gasteiger partial charge in [0.05, 0.1) is 0 Å². The number of hydrogen-bond acceptors (Lipinski definition) is 3. The first-order valence-corrected chi connectivity index (χ1v) is 7.66. The van der Waals surface area contributed by atoms with Gasteiger partial charge < -0.3 is 5.32 Å². The highest BCUT2D eigenvalue weighted by Crippen LogP contribution is 2.26. The fourth-order valence-electron chi connectivity index (χ4n) is 2.02. The van der Waals surface area contributed by atoms with Crippen LogP contribution in [0.1, 0.15) is 39.4 Å². The second-order valence-electron chi connectivity index (χ2n) is 4.55. The summed E-state index contributed by atoms with van der Waals surface area (Å²) >= 11 is 3.67. The van der Waals surface area contributed by atoms with Crippen LogP contribution in [0.4, 0.5) is 0 Å². The van der Waals surface area contributed by atoms with Crippen molar-refractivity contribution in [3.05, 3.63) is 43.3 Å². The lowest BCUT2D eigenvalue weighted by Crippen LogP contribution is -2.18. The van der Waals surface area contributed by atoms with E-state index in [0.717, 1.165) is 6.54 Å². The lowest BCUT2D eigenvalue weighted by Gasteiger charge is -2.13. The Balaban J connectivity index is 2.00. The first-order valence-electron chi connectivity index (χ1n) is 5.90. The highest BCUT2D eigenvalue weighted by molar-refractivity contribution is 7.12. The van der Waals surface area contributed by atoms with Crippen LogP contribution in [0.3, 0.4) is 0 Å². The molecular weight excluding hydrogens is 246 g/mol. The summed E-state index contributed by atoms with van der Waals surface area (Å²) in [6.45, 7) is 9.77. The van der Waals surface area contributed by atoms with E-state index in [2.05, 4.69) is 49.8 Å². The van der Waals surface area contributed by atoms with E-state index in [1.54, 1.807) is 11.3 Å². The van der Waals surface area contributed by atoms with Crippen LogP contribution in [0.15, 0.2) is 16.8 Å². The van der Waals surface area contributed by atoms with Crippen LogP contribution >= 0.6 is 22.7 Å². The normalized spacial score (nSPS) is 12.9. The van der Waals surface area contributed by atoms with Gasteiger partial charge in [-0.05, 0) is 61.2 Å². The van der Waals surface area contributed by atoms with Crippen molar-refractivity contribution in [1.82, 2.24) is 5.32 Å². The van der Waals surface area contributed by atoms with Gasteiger partial charge in [0.15, 0.2) is 0 Å². The van der Waals surface area contributed by atoms with Crippen LogP contribution in [0.2, 0.25) is 0 Å². The third-order valence-electron chi connectivity index (χ3n) is 3.11. The molecule has 17 heavy (non-hydrogen) atoms. The lowest BCUT2D eigenvalue weighted by molar-refractivity contribution is 0.573. The van der Waals surface area contributed by atoms with Gasteiger partial charge in [0.2, 0.25) is 0 Å². The largest absolute Gasteiger partial charge is 0.306 e. The van der Waals surface area contributed by atoms with Gasteiger partial charge in [-0.15, -0.1) is 11.3 Å². The second kappa shape index (κ2) is 5.34. The predicted molar refractivity (Wildman–Crippen MR) is 78.1 cm³/mol. The van der Waals surface area contributed by atoms with Crippen molar-refractivity contribution in [2.45, 2.75) is 40.3 Å². The van der Waals surface area contributed by atoms with Crippen LogP contribution in [0.5, 0.6) is 0 Å². The first kappa shape index (κ1) is 12.8. The van der Waals surface area contributed by atoms with E-state index < -0.39 is 0 Å². The zero-order valence-corrected chi connectivity index (χ0v) is 12.5. The smallest absolute Gasteiger partial charge is 0.0305 e. The number of nitrogens with one attached hydrogen (secondary N) is 1. The van der Waals surface area contributed by atoms with Gasteiger partial charge in [0.1, 0.15) is 0 Å². The minimum absolute atomic E-state index is 0.430. The molecule has 3 heteroatoms. The summed E-state index contributed by atoms with van der Waals surface area (Å²) < 4.78 is 0. The lowest BCUT2D eigenvalue weighted by atomic mass is 10.1. The number of hydrogen-bond donors (Lipinski definition) is 1. The molecular formula is C14H19NS2. The Kier molecular flexibility index (Phi) is 4.02. The fourth-order valence-corrected chi connectivity index (χ4v) is 3.90. The van der Waals surface area contributed by atoms with E-state index in [4.69, 9.17) is 0 Å². The Morgan fingerprint density at radius 2 is 2.00 bits per heavy atom. The average Bonchev–Trinajstić information content (AvgIpc) is 2.81. The van der Waals surface area contributed by atoms with Crippen molar-refractivity contribution in [3.63, 3.8) is 0 Å². The Morgan fingerprint density at radius 3 is 2.53 bits per heavy atom. The Hall–Kier alpha value is -0.640. The third-order valence-corrected chi connectivity index (χ3v) is 5.00. The molecule has 2 aromatic heterocycles. The fraction of sp³-hybridized carbons (Fsp3) is 0.429. The molecule has 92 valence electrons. The van der Waals surface area contributed by atoms with Crippen LogP contribution in [0.25, 0.3) is 0 Å². The molecule has 0 bridgehead atoms. The quantitative estimate of drug-likeness (QED) is 0.853. The summed E-state index contributed by atoms with van der Waals surface area (Å²) in [5, 5.41) is 8.06. The van der Waals surface area contributed by atoms with Crippen molar-refractivity contribution in [1.29, 1.82) is 0 Å². The van der Waals surface area contributed by atoms with E-state index in [-0.39, 0.29) is 0 Å². The highest BCUT2D eigenvalue weighted by Gasteiger charge is 2.11. The van der Waals surface area contributed by atoms with E-state index in [9.17, 15) is 0 Å². The topological polar surface area (TPSA) is 12.0 Å².